The predicted octanol–water partition coefficient (Wildman–Crippen LogP) is 6.92. The number of aryl methyl sites for hydroxylation is 1. The van der Waals surface area contributed by atoms with Crippen LogP contribution in [0, 0.1) is 0 Å². The standard InChI is InChI=1S/C31H36ClN3O2S/c1-4-21-5-10-24(11-6-21)35-16-15-27-28-17-23(32)9-14-29(28)34-30(27)31(35)22-7-12-26(13-8-22)37-19-25(36)18-33-38-20(2)3/h5-14,17,20,25,31,33-34,36H,4,15-16,18-19H2,1-3H3. The molecule has 5 rings (SSSR count). The number of H-pyrrole nitrogens is 1. The molecule has 1 aromatic heterocycles. The highest BCUT2D eigenvalue weighted by atomic mass is 35.5. The van der Waals surface area contributed by atoms with Crippen molar-refractivity contribution >= 4 is 40.1 Å². The van der Waals surface area contributed by atoms with Gasteiger partial charge in [0.05, 0.1) is 6.04 Å². The molecule has 38 heavy (non-hydrogen) atoms. The van der Waals surface area contributed by atoms with Gasteiger partial charge < -0.3 is 19.7 Å². The molecule has 200 valence electrons. The topological polar surface area (TPSA) is 60.5 Å². The average Bonchev–Trinajstić information content (AvgIpc) is 3.29. The van der Waals surface area contributed by atoms with Crippen LogP contribution in [0.15, 0.2) is 66.7 Å². The number of hydrogen-bond acceptors (Lipinski definition) is 5. The van der Waals surface area contributed by atoms with Gasteiger partial charge in [0.1, 0.15) is 18.5 Å². The van der Waals surface area contributed by atoms with Crippen molar-refractivity contribution in [2.45, 2.75) is 51.0 Å². The van der Waals surface area contributed by atoms with Gasteiger partial charge in [-0.3, -0.25) is 4.72 Å². The third-order valence-corrected chi connectivity index (χ3v) is 8.08. The maximum Gasteiger partial charge on any atom is 0.119 e. The van der Waals surface area contributed by atoms with Gasteiger partial charge >= 0.3 is 0 Å². The Bertz CT molecular complexity index is 1350. The third kappa shape index (κ3) is 5.99. The number of fused-ring (bicyclic) bond motifs is 3. The van der Waals surface area contributed by atoms with Crippen LogP contribution in [0.3, 0.4) is 0 Å². The molecule has 0 amide bonds. The van der Waals surface area contributed by atoms with E-state index in [0.717, 1.165) is 35.7 Å². The summed E-state index contributed by atoms with van der Waals surface area (Å²) >= 11 is 7.99. The molecule has 3 N–H and O–H groups in total. The monoisotopic (exact) mass is 549 g/mol. The number of hydrogen-bond donors (Lipinski definition) is 3. The van der Waals surface area contributed by atoms with Crippen LogP contribution in [0.1, 0.15) is 49.2 Å². The Labute approximate surface area is 234 Å². The van der Waals surface area contributed by atoms with Crippen molar-refractivity contribution in [1.82, 2.24) is 9.71 Å². The summed E-state index contributed by atoms with van der Waals surface area (Å²) in [5.74, 6) is 0.752. The van der Waals surface area contributed by atoms with Gasteiger partial charge in [0.15, 0.2) is 0 Å². The largest absolute Gasteiger partial charge is 0.491 e. The molecule has 0 saturated heterocycles. The number of halogens is 1. The Kier molecular flexibility index (Phi) is 8.54. The summed E-state index contributed by atoms with van der Waals surface area (Å²) < 4.78 is 9.09. The van der Waals surface area contributed by atoms with Crippen molar-refractivity contribution < 1.29 is 9.84 Å². The van der Waals surface area contributed by atoms with Crippen LogP contribution in [0.2, 0.25) is 5.02 Å². The van der Waals surface area contributed by atoms with Crippen LogP contribution < -0.4 is 14.4 Å². The zero-order chi connectivity index (χ0) is 26.6. The fourth-order valence-corrected chi connectivity index (χ4v) is 5.91. The van der Waals surface area contributed by atoms with Gasteiger partial charge in [-0.25, -0.2) is 0 Å². The normalized spacial score (nSPS) is 16.2. The number of aliphatic hydroxyl groups excluding tert-OH is 1. The number of benzene rings is 3. The Morgan fingerprint density at radius 1 is 1.11 bits per heavy atom. The molecule has 0 aliphatic carbocycles. The van der Waals surface area contributed by atoms with E-state index in [1.165, 1.54) is 33.5 Å². The zero-order valence-corrected chi connectivity index (χ0v) is 23.8. The van der Waals surface area contributed by atoms with E-state index in [1.807, 2.05) is 18.2 Å². The number of aliphatic hydroxyl groups is 1. The van der Waals surface area contributed by atoms with E-state index in [0.29, 0.717) is 11.8 Å². The Morgan fingerprint density at radius 3 is 2.58 bits per heavy atom. The molecule has 0 radical (unpaired) electrons. The van der Waals surface area contributed by atoms with Crippen LogP contribution in [-0.4, -0.2) is 41.1 Å². The Balaban J connectivity index is 1.41. The molecule has 3 aromatic carbocycles. The minimum absolute atomic E-state index is 0.0364. The first-order valence-electron chi connectivity index (χ1n) is 13.4. The fraction of sp³-hybridized carbons (Fsp3) is 0.355. The van der Waals surface area contributed by atoms with E-state index in [9.17, 15) is 5.11 Å². The van der Waals surface area contributed by atoms with Crippen molar-refractivity contribution in [3.05, 3.63) is 94.1 Å². The third-order valence-electron chi connectivity index (χ3n) is 7.04. The van der Waals surface area contributed by atoms with Crippen molar-refractivity contribution in [2.24, 2.45) is 0 Å². The lowest BCUT2D eigenvalue weighted by Gasteiger charge is -2.38. The van der Waals surface area contributed by atoms with Crippen LogP contribution >= 0.6 is 23.5 Å². The van der Waals surface area contributed by atoms with Crippen molar-refractivity contribution in [3.63, 3.8) is 0 Å². The fourth-order valence-electron chi connectivity index (χ4n) is 5.12. The lowest BCUT2D eigenvalue weighted by Crippen LogP contribution is -2.36. The molecule has 0 bridgehead atoms. The van der Waals surface area contributed by atoms with E-state index in [4.69, 9.17) is 16.3 Å². The summed E-state index contributed by atoms with van der Waals surface area (Å²) in [4.78, 5) is 6.21. The van der Waals surface area contributed by atoms with Gasteiger partial charge in [0.25, 0.3) is 0 Å². The van der Waals surface area contributed by atoms with Gasteiger partial charge in [-0.15, -0.1) is 0 Å². The first-order valence-corrected chi connectivity index (χ1v) is 14.6. The van der Waals surface area contributed by atoms with Crippen LogP contribution in [0.25, 0.3) is 10.9 Å². The van der Waals surface area contributed by atoms with Crippen molar-refractivity contribution in [3.8, 4) is 5.75 Å². The van der Waals surface area contributed by atoms with Crippen LogP contribution in [0.5, 0.6) is 5.75 Å². The Morgan fingerprint density at radius 2 is 1.87 bits per heavy atom. The molecular weight excluding hydrogens is 514 g/mol. The van der Waals surface area contributed by atoms with Gasteiger partial charge in [-0.1, -0.05) is 68.6 Å². The lowest BCUT2D eigenvalue weighted by molar-refractivity contribution is 0.111. The van der Waals surface area contributed by atoms with E-state index in [1.54, 1.807) is 11.9 Å². The second kappa shape index (κ2) is 12.0. The molecule has 1 aliphatic rings. The van der Waals surface area contributed by atoms with Gasteiger partial charge in [0.2, 0.25) is 0 Å². The number of aromatic amines is 1. The first-order chi connectivity index (χ1) is 18.4. The average molecular weight is 550 g/mol. The Hall–Kier alpha value is -2.64. The molecule has 4 aromatic rings. The second-order valence-corrected chi connectivity index (χ2v) is 12.0. The van der Waals surface area contributed by atoms with Gasteiger partial charge in [-0.05, 0) is 72.0 Å². The van der Waals surface area contributed by atoms with E-state index in [-0.39, 0.29) is 12.6 Å². The molecule has 0 saturated carbocycles. The molecule has 5 nitrogen and oxygen atoms in total. The summed E-state index contributed by atoms with van der Waals surface area (Å²) in [6.45, 7) is 8.06. The highest BCUT2D eigenvalue weighted by Crippen LogP contribution is 2.41. The summed E-state index contributed by atoms with van der Waals surface area (Å²) in [5, 5.41) is 12.7. The highest BCUT2D eigenvalue weighted by Gasteiger charge is 2.32. The second-order valence-electron chi connectivity index (χ2n) is 10.1. The number of nitrogens with one attached hydrogen (secondary N) is 2. The van der Waals surface area contributed by atoms with E-state index in [2.05, 4.69) is 83.9 Å². The number of nitrogens with zero attached hydrogens (tertiary/aromatic N) is 1. The number of aromatic nitrogens is 1. The first kappa shape index (κ1) is 26.9. The van der Waals surface area contributed by atoms with E-state index >= 15 is 0 Å². The smallest absolute Gasteiger partial charge is 0.119 e. The maximum atomic E-state index is 10.3. The van der Waals surface area contributed by atoms with Gasteiger partial charge in [0, 0.05) is 45.6 Å². The van der Waals surface area contributed by atoms with Crippen molar-refractivity contribution in [1.29, 1.82) is 0 Å². The predicted molar refractivity (Wildman–Crippen MR) is 161 cm³/mol. The molecule has 0 spiro atoms. The molecular formula is C31H36ClN3O2S. The maximum absolute atomic E-state index is 10.3. The molecule has 2 heterocycles. The number of anilines is 1. The summed E-state index contributed by atoms with van der Waals surface area (Å²) in [7, 11) is 0. The zero-order valence-electron chi connectivity index (χ0n) is 22.2. The van der Waals surface area contributed by atoms with Crippen molar-refractivity contribution in [2.75, 3.05) is 24.6 Å². The summed E-state index contributed by atoms with van der Waals surface area (Å²) in [6.07, 6.45) is 1.41. The lowest BCUT2D eigenvalue weighted by atomic mass is 9.91. The van der Waals surface area contributed by atoms with Crippen LogP contribution in [0.4, 0.5) is 5.69 Å². The van der Waals surface area contributed by atoms with Crippen LogP contribution in [-0.2, 0) is 12.8 Å². The number of rotatable bonds is 10. The molecule has 2 atom stereocenters. The SMILES string of the molecule is CCc1ccc(N2CCc3c([nH]c4ccc(Cl)cc34)C2c2ccc(OCC(O)CNSC(C)C)cc2)cc1. The highest BCUT2D eigenvalue weighted by molar-refractivity contribution is 7.97. The minimum atomic E-state index is -0.568. The molecule has 2 unspecified atom stereocenters. The summed E-state index contributed by atoms with van der Waals surface area (Å²) in [6, 6.07) is 23.3. The number of ether oxygens (including phenoxy) is 1. The van der Waals surface area contributed by atoms with E-state index < -0.39 is 6.10 Å². The molecule has 0 fully saturated rings. The molecule has 1 aliphatic heterocycles. The quantitative estimate of drug-likeness (QED) is 0.187. The van der Waals surface area contributed by atoms with Gasteiger partial charge in [-0.2, -0.15) is 0 Å². The molecule has 7 heteroatoms. The summed E-state index contributed by atoms with van der Waals surface area (Å²) in [5.41, 5.74) is 7.40. The minimum Gasteiger partial charge on any atom is -0.491 e.